The summed E-state index contributed by atoms with van der Waals surface area (Å²) in [5.74, 6) is 0. The first-order valence-electron chi connectivity index (χ1n) is 6.42. The highest BCUT2D eigenvalue weighted by molar-refractivity contribution is 9.10. The molecule has 0 aromatic carbocycles. The van der Waals surface area contributed by atoms with Gasteiger partial charge in [-0.3, -0.25) is 9.88 Å². The molecular formula is C13H16BrF3N2O. The Bertz CT molecular complexity index is 442. The number of pyridine rings is 1. The molecule has 0 spiro atoms. The first-order valence-corrected chi connectivity index (χ1v) is 7.21. The van der Waals surface area contributed by atoms with E-state index in [1.165, 1.54) is 0 Å². The fourth-order valence-electron chi connectivity index (χ4n) is 2.38. The molecule has 2 heterocycles. The van der Waals surface area contributed by atoms with E-state index in [1.807, 2.05) is 6.07 Å². The second-order valence-electron chi connectivity index (χ2n) is 4.91. The largest absolute Gasteiger partial charge is 0.411 e. The Labute approximate surface area is 124 Å². The van der Waals surface area contributed by atoms with Gasteiger partial charge < -0.3 is 4.74 Å². The lowest BCUT2D eigenvalue weighted by Crippen LogP contribution is -2.34. The van der Waals surface area contributed by atoms with Gasteiger partial charge in [0, 0.05) is 29.5 Å². The van der Waals surface area contributed by atoms with Gasteiger partial charge in [-0.1, -0.05) is 0 Å². The summed E-state index contributed by atoms with van der Waals surface area (Å²) in [6.07, 6.45) is 1.09. The molecule has 7 heteroatoms. The Kier molecular flexibility index (Phi) is 5.40. The number of hydrogen-bond donors (Lipinski definition) is 0. The van der Waals surface area contributed by atoms with Crippen molar-refractivity contribution in [1.29, 1.82) is 0 Å². The Balaban J connectivity index is 1.84. The molecule has 1 aliphatic heterocycles. The lowest BCUT2D eigenvalue weighted by molar-refractivity contribution is -0.176. The van der Waals surface area contributed by atoms with Gasteiger partial charge in [0.1, 0.15) is 6.61 Å². The Morgan fingerprint density at radius 3 is 2.90 bits per heavy atom. The number of rotatable bonds is 5. The zero-order valence-electron chi connectivity index (χ0n) is 10.9. The van der Waals surface area contributed by atoms with Gasteiger partial charge in [-0.15, -0.1) is 0 Å². The molecule has 1 saturated heterocycles. The van der Waals surface area contributed by atoms with Gasteiger partial charge in [0.15, 0.2) is 0 Å². The average Bonchev–Trinajstić information content (AvgIpc) is 2.75. The van der Waals surface area contributed by atoms with E-state index in [2.05, 4.69) is 25.8 Å². The summed E-state index contributed by atoms with van der Waals surface area (Å²) in [5.41, 5.74) is 1.04. The predicted octanol–water partition coefficient (Wildman–Crippen LogP) is 3.39. The zero-order valence-corrected chi connectivity index (χ0v) is 12.5. The second kappa shape index (κ2) is 6.87. The van der Waals surface area contributed by atoms with E-state index in [9.17, 15) is 13.2 Å². The zero-order chi connectivity index (χ0) is 14.6. The average molecular weight is 353 g/mol. The number of nitrogens with zero attached hydrogens (tertiary/aromatic N) is 2. The Hall–Kier alpha value is -0.660. The molecule has 0 N–H and O–H groups in total. The van der Waals surface area contributed by atoms with Crippen molar-refractivity contribution in [2.24, 2.45) is 0 Å². The van der Waals surface area contributed by atoms with Gasteiger partial charge >= 0.3 is 6.18 Å². The first-order chi connectivity index (χ1) is 9.44. The second-order valence-corrected chi connectivity index (χ2v) is 5.82. The fraction of sp³-hybridized carbons (Fsp3) is 0.615. The van der Waals surface area contributed by atoms with Crippen LogP contribution in [0.25, 0.3) is 0 Å². The maximum absolute atomic E-state index is 12.1. The molecule has 0 radical (unpaired) electrons. The highest BCUT2D eigenvalue weighted by atomic mass is 79.9. The summed E-state index contributed by atoms with van der Waals surface area (Å²) in [4.78, 5) is 6.24. The molecule has 0 amide bonds. The number of hydrogen-bond acceptors (Lipinski definition) is 3. The van der Waals surface area contributed by atoms with E-state index in [1.54, 1.807) is 12.4 Å². The normalized spacial score (nSPS) is 20.5. The van der Waals surface area contributed by atoms with Crippen LogP contribution < -0.4 is 0 Å². The van der Waals surface area contributed by atoms with Crippen LogP contribution in [-0.2, 0) is 11.3 Å². The van der Waals surface area contributed by atoms with Crippen molar-refractivity contribution in [3.05, 3.63) is 28.5 Å². The van der Waals surface area contributed by atoms with E-state index < -0.39 is 12.8 Å². The number of aromatic nitrogens is 1. The van der Waals surface area contributed by atoms with Gasteiger partial charge in [-0.2, -0.15) is 13.2 Å². The topological polar surface area (TPSA) is 25.4 Å². The number of ether oxygens (including phenoxy) is 1. The minimum Gasteiger partial charge on any atom is -0.370 e. The van der Waals surface area contributed by atoms with E-state index in [0.29, 0.717) is 6.54 Å². The van der Waals surface area contributed by atoms with Crippen molar-refractivity contribution in [3.8, 4) is 0 Å². The molecule has 0 bridgehead atoms. The molecule has 1 aromatic rings. The standard InChI is InChI=1S/C13H16BrF3N2O/c14-11-4-10(5-18-6-11)7-19-3-1-2-12(19)8-20-9-13(15,16)17/h4-6,12H,1-3,7-9H2/t12-/m0/s1. The van der Waals surface area contributed by atoms with Crippen LogP contribution in [0.3, 0.4) is 0 Å². The summed E-state index contributed by atoms with van der Waals surface area (Å²) in [6.45, 7) is 0.524. The Morgan fingerprint density at radius 2 is 2.20 bits per heavy atom. The van der Waals surface area contributed by atoms with Crippen LogP contribution in [0.4, 0.5) is 13.2 Å². The molecule has 0 unspecified atom stereocenters. The predicted molar refractivity (Wildman–Crippen MR) is 72.2 cm³/mol. The maximum atomic E-state index is 12.1. The molecule has 1 aromatic heterocycles. The van der Waals surface area contributed by atoms with Gasteiger partial charge in [-0.05, 0) is 46.9 Å². The molecule has 1 aliphatic rings. The van der Waals surface area contributed by atoms with Crippen molar-refractivity contribution < 1.29 is 17.9 Å². The molecule has 2 rings (SSSR count). The number of likely N-dealkylation sites (tertiary alicyclic amines) is 1. The van der Waals surface area contributed by atoms with Gasteiger partial charge in [0.2, 0.25) is 0 Å². The lowest BCUT2D eigenvalue weighted by atomic mass is 10.2. The van der Waals surface area contributed by atoms with Crippen LogP contribution in [0, 0.1) is 0 Å². The first kappa shape index (κ1) is 15.7. The third kappa shape index (κ3) is 5.03. The van der Waals surface area contributed by atoms with Crippen LogP contribution in [0.2, 0.25) is 0 Å². The fourth-order valence-corrected chi connectivity index (χ4v) is 2.79. The summed E-state index contributed by atoms with van der Waals surface area (Å²) in [5, 5.41) is 0. The van der Waals surface area contributed by atoms with Crippen LogP contribution in [-0.4, -0.2) is 41.9 Å². The van der Waals surface area contributed by atoms with Gasteiger partial charge in [-0.25, -0.2) is 0 Å². The van der Waals surface area contributed by atoms with Crippen molar-refractivity contribution in [2.75, 3.05) is 19.8 Å². The summed E-state index contributed by atoms with van der Waals surface area (Å²) >= 11 is 3.36. The molecule has 20 heavy (non-hydrogen) atoms. The van der Waals surface area contributed by atoms with Crippen LogP contribution in [0.15, 0.2) is 22.9 Å². The maximum Gasteiger partial charge on any atom is 0.411 e. The van der Waals surface area contributed by atoms with Crippen molar-refractivity contribution in [2.45, 2.75) is 31.6 Å². The van der Waals surface area contributed by atoms with E-state index >= 15 is 0 Å². The van der Waals surface area contributed by atoms with E-state index in [0.717, 1.165) is 29.4 Å². The van der Waals surface area contributed by atoms with Gasteiger partial charge in [0.05, 0.1) is 6.61 Å². The van der Waals surface area contributed by atoms with E-state index in [-0.39, 0.29) is 12.6 Å². The third-order valence-corrected chi connectivity index (χ3v) is 3.66. The highest BCUT2D eigenvalue weighted by Crippen LogP contribution is 2.22. The smallest absolute Gasteiger partial charge is 0.370 e. The molecule has 0 aliphatic carbocycles. The quantitative estimate of drug-likeness (QED) is 0.812. The molecule has 1 atom stereocenters. The summed E-state index contributed by atoms with van der Waals surface area (Å²) < 4.78 is 41.9. The highest BCUT2D eigenvalue weighted by Gasteiger charge is 2.30. The lowest BCUT2D eigenvalue weighted by Gasteiger charge is -2.24. The molecule has 0 saturated carbocycles. The molecule has 3 nitrogen and oxygen atoms in total. The molecule has 112 valence electrons. The molecule has 1 fully saturated rings. The Morgan fingerprint density at radius 1 is 1.40 bits per heavy atom. The monoisotopic (exact) mass is 352 g/mol. The van der Waals surface area contributed by atoms with Crippen LogP contribution >= 0.6 is 15.9 Å². The van der Waals surface area contributed by atoms with E-state index in [4.69, 9.17) is 4.74 Å². The number of halogens is 4. The van der Waals surface area contributed by atoms with Gasteiger partial charge in [0.25, 0.3) is 0 Å². The van der Waals surface area contributed by atoms with Crippen molar-refractivity contribution >= 4 is 15.9 Å². The number of alkyl halides is 3. The third-order valence-electron chi connectivity index (χ3n) is 3.22. The van der Waals surface area contributed by atoms with Crippen molar-refractivity contribution in [3.63, 3.8) is 0 Å². The summed E-state index contributed by atoms with van der Waals surface area (Å²) in [6, 6.07) is 2.02. The SMILES string of the molecule is FC(F)(F)COC[C@@H]1CCCN1Cc1cncc(Br)c1. The van der Waals surface area contributed by atoms with Crippen LogP contribution in [0.5, 0.6) is 0 Å². The van der Waals surface area contributed by atoms with Crippen LogP contribution in [0.1, 0.15) is 18.4 Å². The molecular weight excluding hydrogens is 337 g/mol. The van der Waals surface area contributed by atoms with Crippen molar-refractivity contribution in [1.82, 2.24) is 9.88 Å². The summed E-state index contributed by atoms with van der Waals surface area (Å²) in [7, 11) is 0. The minimum atomic E-state index is -4.25. The minimum absolute atomic E-state index is 0.0522.